The van der Waals surface area contributed by atoms with E-state index in [2.05, 4.69) is 17.0 Å². The zero-order valence-corrected chi connectivity index (χ0v) is 11.2. The van der Waals surface area contributed by atoms with Crippen LogP contribution in [0.25, 0.3) is 0 Å². The summed E-state index contributed by atoms with van der Waals surface area (Å²) in [6.07, 6.45) is 1.83. The van der Waals surface area contributed by atoms with Crippen molar-refractivity contribution in [3.8, 4) is 0 Å². The molecular weight excluding hydrogens is 236 g/mol. The van der Waals surface area contributed by atoms with Gasteiger partial charge in [-0.15, -0.1) is 0 Å². The highest BCUT2D eigenvalue weighted by molar-refractivity contribution is 7.89. The third kappa shape index (κ3) is 4.36. The summed E-state index contributed by atoms with van der Waals surface area (Å²) in [5.74, 6) is 0. The first-order valence-corrected chi connectivity index (χ1v) is 7.42. The Morgan fingerprint density at radius 1 is 1.00 bits per heavy atom. The summed E-state index contributed by atoms with van der Waals surface area (Å²) < 4.78 is 26.1. The number of rotatable bonds is 7. The standard InChI is InChI=1S/C12H20N2O2S/c1-3-9-13-11-5-7-12(8-6-11)17(15,16)14-10-4-2/h5-8,13-14H,3-4,9-10H2,1-2H3. The Morgan fingerprint density at radius 2 is 1.59 bits per heavy atom. The largest absolute Gasteiger partial charge is 0.385 e. The lowest BCUT2D eigenvalue weighted by molar-refractivity contribution is 0.581. The van der Waals surface area contributed by atoms with Gasteiger partial charge >= 0.3 is 0 Å². The van der Waals surface area contributed by atoms with Crippen LogP contribution in [0.1, 0.15) is 26.7 Å². The summed E-state index contributed by atoms with van der Waals surface area (Å²) in [6, 6.07) is 6.82. The molecular formula is C12H20N2O2S. The Bertz CT molecular complexity index is 426. The van der Waals surface area contributed by atoms with Gasteiger partial charge in [-0.2, -0.15) is 0 Å². The van der Waals surface area contributed by atoms with Gasteiger partial charge < -0.3 is 5.32 Å². The summed E-state index contributed by atoms with van der Waals surface area (Å²) in [5, 5.41) is 3.20. The fraction of sp³-hybridized carbons (Fsp3) is 0.500. The maximum atomic E-state index is 11.8. The molecule has 0 aliphatic heterocycles. The van der Waals surface area contributed by atoms with Crippen LogP contribution >= 0.6 is 0 Å². The molecule has 0 aliphatic rings. The molecule has 0 radical (unpaired) electrons. The highest BCUT2D eigenvalue weighted by Crippen LogP contribution is 2.13. The Morgan fingerprint density at radius 3 is 2.12 bits per heavy atom. The van der Waals surface area contributed by atoms with Gasteiger partial charge in [-0.3, -0.25) is 0 Å². The van der Waals surface area contributed by atoms with Crippen molar-refractivity contribution in [1.29, 1.82) is 0 Å². The van der Waals surface area contributed by atoms with Crippen LogP contribution in [-0.2, 0) is 10.0 Å². The van der Waals surface area contributed by atoms with Crippen LogP contribution in [0.5, 0.6) is 0 Å². The highest BCUT2D eigenvalue weighted by atomic mass is 32.2. The van der Waals surface area contributed by atoms with E-state index in [-0.39, 0.29) is 0 Å². The van der Waals surface area contributed by atoms with E-state index in [0.29, 0.717) is 11.4 Å². The lowest BCUT2D eigenvalue weighted by atomic mass is 10.3. The molecule has 2 N–H and O–H groups in total. The molecule has 5 heteroatoms. The highest BCUT2D eigenvalue weighted by Gasteiger charge is 2.12. The average molecular weight is 256 g/mol. The van der Waals surface area contributed by atoms with Crippen molar-refractivity contribution in [1.82, 2.24) is 4.72 Å². The van der Waals surface area contributed by atoms with Crippen LogP contribution in [0.15, 0.2) is 29.2 Å². The number of nitrogens with one attached hydrogen (secondary N) is 2. The third-order valence-electron chi connectivity index (χ3n) is 2.29. The van der Waals surface area contributed by atoms with E-state index >= 15 is 0 Å². The van der Waals surface area contributed by atoms with E-state index in [1.165, 1.54) is 0 Å². The molecule has 1 aromatic rings. The minimum atomic E-state index is -3.34. The fourth-order valence-electron chi connectivity index (χ4n) is 1.34. The quantitative estimate of drug-likeness (QED) is 0.786. The minimum Gasteiger partial charge on any atom is -0.385 e. The molecule has 0 aliphatic carbocycles. The number of sulfonamides is 1. The van der Waals surface area contributed by atoms with Crippen molar-refractivity contribution in [3.05, 3.63) is 24.3 Å². The Balaban J connectivity index is 2.73. The monoisotopic (exact) mass is 256 g/mol. The smallest absolute Gasteiger partial charge is 0.240 e. The van der Waals surface area contributed by atoms with Crippen molar-refractivity contribution >= 4 is 15.7 Å². The van der Waals surface area contributed by atoms with Gasteiger partial charge in [0.05, 0.1) is 4.90 Å². The molecule has 0 amide bonds. The predicted octanol–water partition coefficient (Wildman–Crippen LogP) is 2.20. The molecule has 4 nitrogen and oxygen atoms in total. The van der Waals surface area contributed by atoms with Gasteiger partial charge in [0.1, 0.15) is 0 Å². The second kappa shape index (κ2) is 6.61. The summed E-state index contributed by atoms with van der Waals surface area (Å²) in [6.45, 7) is 5.37. The first-order chi connectivity index (χ1) is 8.10. The Hall–Kier alpha value is -1.07. The number of benzene rings is 1. The molecule has 0 heterocycles. The molecule has 0 bridgehead atoms. The molecule has 0 fully saturated rings. The molecule has 1 rings (SSSR count). The SMILES string of the molecule is CCCNc1ccc(S(=O)(=O)NCCC)cc1. The van der Waals surface area contributed by atoms with Crippen molar-refractivity contribution in [2.24, 2.45) is 0 Å². The second-order valence-corrected chi connectivity index (χ2v) is 5.62. The van der Waals surface area contributed by atoms with Crippen molar-refractivity contribution < 1.29 is 8.42 Å². The average Bonchev–Trinajstić information content (AvgIpc) is 2.34. The number of hydrogen-bond acceptors (Lipinski definition) is 3. The topological polar surface area (TPSA) is 58.2 Å². The van der Waals surface area contributed by atoms with E-state index in [4.69, 9.17) is 0 Å². The van der Waals surface area contributed by atoms with Gasteiger partial charge in [0.15, 0.2) is 0 Å². The first-order valence-electron chi connectivity index (χ1n) is 5.93. The van der Waals surface area contributed by atoms with Crippen molar-refractivity contribution in [2.75, 3.05) is 18.4 Å². The van der Waals surface area contributed by atoms with Gasteiger partial charge in [0, 0.05) is 18.8 Å². The molecule has 1 aromatic carbocycles. The predicted molar refractivity (Wildman–Crippen MR) is 70.7 cm³/mol. The second-order valence-electron chi connectivity index (χ2n) is 3.85. The van der Waals surface area contributed by atoms with Gasteiger partial charge in [-0.1, -0.05) is 13.8 Å². The summed E-state index contributed by atoms with van der Waals surface area (Å²) in [7, 11) is -3.34. The van der Waals surface area contributed by atoms with Crippen molar-refractivity contribution in [2.45, 2.75) is 31.6 Å². The molecule has 0 saturated carbocycles. The van der Waals surface area contributed by atoms with Crippen LogP contribution in [0.4, 0.5) is 5.69 Å². The van der Waals surface area contributed by atoms with Crippen LogP contribution in [0.2, 0.25) is 0 Å². The van der Waals surface area contributed by atoms with Crippen molar-refractivity contribution in [3.63, 3.8) is 0 Å². The number of anilines is 1. The van der Waals surface area contributed by atoms with E-state index in [1.54, 1.807) is 24.3 Å². The maximum absolute atomic E-state index is 11.8. The van der Waals surface area contributed by atoms with Gasteiger partial charge in [-0.25, -0.2) is 13.1 Å². The molecule has 17 heavy (non-hydrogen) atoms. The Labute approximate surface area is 103 Å². The van der Waals surface area contributed by atoms with Crippen LogP contribution in [0, 0.1) is 0 Å². The van der Waals surface area contributed by atoms with Crippen LogP contribution in [0.3, 0.4) is 0 Å². The third-order valence-corrected chi connectivity index (χ3v) is 3.76. The normalized spacial score (nSPS) is 11.4. The van der Waals surface area contributed by atoms with E-state index in [9.17, 15) is 8.42 Å². The molecule has 0 saturated heterocycles. The fourth-order valence-corrected chi connectivity index (χ4v) is 2.47. The van der Waals surface area contributed by atoms with Gasteiger partial charge in [0.25, 0.3) is 0 Å². The molecule has 0 spiro atoms. The Kier molecular flexibility index (Phi) is 5.44. The van der Waals surface area contributed by atoms with Gasteiger partial charge in [0.2, 0.25) is 10.0 Å². The van der Waals surface area contributed by atoms with Gasteiger partial charge in [-0.05, 0) is 37.1 Å². The molecule has 0 aromatic heterocycles. The molecule has 0 atom stereocenters. The lowest BCUT2D eigenvalue weighted by Gasteiger charge is -2.07. The van der Waals surface area contributed by atoms with Crippen LogP contribution < -0.4 is 10.0 Å². The molecule has 0 unspecified atom stereocenters. The first kappa shape index (κ1) is 14.0. The lowest BCUT2D eigenvalue weighted by Crippen LogP contribution is -2.24. The number of hydrogen-bond donors (Lipinski definition) is 2. The zero-order chi connectivity index (χ0) is 12.7. The maximum Gasteiger partial charge on any atom is 0.240 e. The van der Waals surface area contributed by atoms with E-state index in [0.717, 1.165) is 25.1 Å². The minimum absolute atomic E-state index is 0.313. The summed E-state index contributed by atoms with van der Waals surface area (Å²) in [5.41, 5.74) is 0.946. The van der Waals surface area contributed by atoms with Crippen LogP contribution in [-0.4, -0.2) is 21.5 Å². The van der Waals surface area contributed by atoms with E-state index < -0.39 is 10.0 Å². The molecule has 96 valence electrons. The summed E-state index contributed by atoms with van der Waals surface area (Å²) >= 11 is 0. The summed E-state index contributed by atoms with van der Waals surface area (Å²) in [4.78, 5) is 0.313. The zero-order valence-electron chi connectivity index (χ0n) is 10.4. The van der Waals surface area contributed by atoms with E-state index in [1.807, 2.05) is 6.92 Å².